The van der Waals surface area contributed by atoms with E-state index >= 15 is 0 Å². The van der Waals surface area contributed by atoms with Gasteiger partial charge in [-0.3, -0.25) is 0 Å². The second kappa shape index (κ2) is 7.36. The summed E-state index contributed by atoms with van der Waals surface area (Å²) in [6.45, 7) is 2.98. The minimum absolute atomic E-state index is 0.303. The van der Waals surface area contributed by atoms with E-state index in [0.29, 0.717) is 18.8 Å². The number of hydrogen-bond donors (Lipinski definition) is 2. The number of carbonyl (C=O) groups is 2. The molecule has 1 heterocycles. The molecule has 0 aromatic heterocycles. The molecule has 1 saturated heterocycles. The number of nitrogens with zero attached hydrogens (tertiary/aromatic N) is 1. The molecule has 114 valence electrons. The summed E-state index contributed by atoms with van der Waals surface area (Å²) < 4.78 is 0. The molecule has 5 nitrogen and oxygen atoms in total. The van der Waals surface area contributed by atoms with Crippen molar-refractivity contribution in [3.05, 3.63) is 35.4 Å². The van der Waals surface area contributed by atoms with Crippen molar-refractivity contribution in [2.45, 2.75) is 25.9 Å². The van der Waals surface area contributed by atoms with Gasteiger partial charge in [0.2, 0.25) is 0 Å². The van der Waals surface area contributed by atoms with Crippen molar-refractivity contribution >= 4 is 23.8 Å². The summed E-state index contributed by atoms with van der Waals surface area (Å²) in [5.41, 5.74) is 2.27. The van der Waals surface area contributed by atoms with E-state index in [1.807, 2.05) is 24.3 Å². The van der Waals surface area contributed by atoms with Gasteiger partial charge in [-0.05, 0) is 17.5 Å². The van der Waals surface area contributed by atoms with Crippen LogP contribution in [0.4, 0.5) is 4.79 Å². The molecule has 0 saturated carbocycles. The van der Waals surface area contributed by atoms with Gasteiger partial charge in [-0.15, -0.1) is 0 Å². The van der Waals surface area contributed by atoms with Crippen molar-refractivity contribution in [2.24, 2.45) is 0 Å². The Morgan fingerprint density at radius 2 is 2.00 bits per heavy atom. The lowest BCUT2D eigenvalue weighted by molar-refractivity contribution is -0.141. The Bertz CT molecular complexity index is 504. The van der Waals surface area contributed by atoms with Gasteiger partial charge in [0.05, 0.1) is 0 Å². The van der Waals surface area contributed by atoms with Crippen molar-refractivity contribution in [1.29, 1.82) is 0 Å². The topological polar surface area (TPSA) is 69.6 Å². The van der Waals surface area contributed by atoms with Crippen LogP contribution in [0.5, 0.6) is 0 Å². The molecule has 0 radical (unpaired) electrons. The second-order valence-corrected chi connectivity index (χ2v) is 6.10. The molecule has 1 aromatic rings. The molecule has 2 N–H and O–H groups in total. The smallest absolute Gasteiger partial charge is 0.327 e. The number of benzene rings is 1. The molecule has 1 aliphatic rings. The number of nitrogens with one attached hydrogen (secondary N) is 1. The zero-order valence-electron chi connectivity index (χ0n) is 12.0. The second-order valence-electron chi connectivity index (χ2n) is 4.95. The zero-order valence-corrected chi connectivity index (χ0v) is 12.9. The first-order valence-corrected chi connectivity index (χ1v) is 8.20. The SMILES string of the molecule is CCc1ccc(CNC(=O)N2CCSCC2C(=O)O)cc1. The fourth-order valence-corrected chi connectivity index (χ4v) is 3.26. The summed E-state index contributed by atoms with van der Waals surface area (Å²) in [7, 11) is 0. The largest absolute Gasteiger partial charge is 0.480 e. The van der Waals surface area contributed by atoms with Gasteiger partial charge >= 0.3 is 12.0 Å². The summed E-state index contributed by atoms with van der Waals surface area (Å²) in [6.07, 6.45) is 0.984. The lowest BCUT2D eigenvalue weighted by Crippen LogP contribution is -2.53. The number of aryl methyl sites for hydroxylation is 1. The highest BCUT2D eigenvalue weighted by atomic mass is 32.2. The van der Waals surface area contributed by atoms with Gasteiger partial charge in [0, 0.05) is 24.6 Å². The normalized spacial score (nSPS) is 18.3. The highest BCUT2D eigenvalue weighted by Crippen LogP contribution is 2.17. The Kier molecular flexibility index (Phi) is 5.50. The lowest BCUT2D eigenvalue weighted by Gasteiger charge is -2.32. The third-order valence-corrected chi connectivity index (χ3v) is 4.57. The molecule has 1 atom stereocenters. The van der Waals surface area contributed by atoms with Gasteiger partial charge in [0.25, 0.3) is 0 Å². The maximum Gasteiger partial charge on any atom is 0.327 e. The summed E-state index contributed by atoms with van der Waals surface area (Å²) in [5, 5.41) is 12.0. The van der Waals surface area contributed by atoms with E-state index in [9.17, 15) is 9.59 Å². The van der Waals surface area contributed by atoms with Crippen LogP contribution in [-0.2, 0) is 17.8 Å². The number of carbonyl (C=O) groups excluding carboxylic acids is 1. The fraction of sp³-hybridized carbons (Fsp3) is 0.467. The molecule has 0 spiro atoms. The van der Waals surface area contributed by atoms with Crippen molar-refractivity contribution in [1.82, 2.24) is 10.2 Å². The van der Waals surface area contributed by atoms with Gasteiger partial charge in [0.15, 0.2) is 0 Å². The fourth-order valence-electron chi connectivity index (χ4n) is 2.22. The average molecular weight is 308 g/mol. The Labute approximate surface area is 128 Å². The highest BCUT2D eigenvalue weighted by Gasteiger charge is 2.32. The molecule has 0 bridgehead atoms. The van der Waals surface area contributed by atoms with Gasteiger partial charge in [0.1, 0.15) is 6.04 Å². The Balaban J connectivity index is 1.91. The quantitative estimate of drug-likeness (QED) is 0.892. The number of urea groups is 1. The number of carboxylic acids is 1. The van der Waals surface area contributed by atoms with Gasteiger partial charge in [-0.2, -0.15) is 11.8 Å². The third-order valence-electron chi connectivity index (χ3n) is 3.55. The predicted octanol–water partition coefficient (Wildman–Crippen LogP) is 1.96. The standard InChI is InChI=1S/C15H20N2O3S/c1-2-11-3-5-12(6-4-11)9-16-15(20)17-7-8-21-10-13(17)14(18)19/h3-6,13H,2,7-10H2,1H3,(H,16,20)(H,18,19). The summed E-state index contributed by atoms with van der Waals surface area (Å²) in [5.74, 6) is 0.292. The minimum Gasteiger partial charge on any atom is -0.480 e. The molecule has 1 aliphatic heterocycles. The van der Waals surface area contributed by atoms with Crippen molar-refractivity contribution in [3.63, 3.8) is 0 Å². The number of amides is 2. The Morgan fingerprint density at radius 1 is 1.33 bits per heavy atom. The van der Waals surface area contributed by atoms with Crippen molar-refractivity contribution in [2.75, 3.05) is 18.1 Å². The molecular weight excluding hydrogens is 288 g/mol. The van der Waals surface area contributed by atoms with E-state index in [2.05, 4.69) is 12.2 Å². The molecule has 1 fully saturated rings. The van der Waals surface area contributed by atoms with Crippen LogP contribution in [0.3, 0.4) is 0 Å². The van der Waals surface area contributed by atoms with Crippen molar-refractivity contribution < 1.29 is 14.7 Å². The number of carboxylic acid groups (broad SMARTS) is 1. The van der Waals surface area contributed by atoms with E-state index in [1.54, 1.807) is 11.8 Å². The molecule has 2 rings (SSSR count). The van der Waals surface area contributed by atoms with Crippen LogP contribution in [0.1, 0.15) is 18.1 Å². The highest BCUT2D eigenvalue weighted by molar-refractivity contribution is 7.99. The summed E-state index contributed by atoms with van der Waals surface area (Å²) in [4.78, 5) is 24.7. The molecule has 2 amide bonds. The van der Waals surface area contributed by atoms with Crippen LogP contribution in [0.15, 0.2) is 24.3 Å². The van der Waals surface area contributed by atoms with E-state index in [-0.39, 0.29) is 6.03 Å². The number of aliphatic carboxylic acids is 1. The van der Waals surface area contributed by atoms with Crippen LogP contribution < -0.4 is 5.32 Å². The van der Waals surface area contributed by atoms with Crippen LogP contribution in [0, 0.1) is 0 Å². The van der Waals surface area contributed by atoms with Gasteiger partial charge in [-0.1, -0.05) is 31.2 Å². The molecule has 1 aromatic carbocycles. The molecular formula is C15H20N2O3S. The van der Waals surface area contributed by atoms with Crippen LogP contribution in [-0.4, -0.2) is 46.1 Å². The summed E-state index contributed by atoms with van der Waals surface area (Å²) >= 11 is 1.57. The van der Waals surface area contributed by atoms with Crippen molar-refractivity contribution in [3.8, 4) is 0 Å². The van der Waals surface area contributed by atoms with Crippen LogP contribution in [0.2, 0.25) is 0 Å². The molecule has 6 heteroatoms. The van der Waals surface area contributed by atoms with Crippen LogP contribution in [0.25, 0.3) is 0 Å². The maximum atomic E-state index is 12.2. The average Bonchev–Trinajstić information content (AvgIpc) is 2.53. The first-order valence-electron chi connectivity index (χ1n) is 7.04. The zero-order chi connectivity index (χ0) is 15.2. The first kappa shape index (κ1) is 15.7. The van der Waals surface area contributed by atoms with E-state index < -0.39 is 12.0 Å². The summed E-state index contributed by atoms with van der Waals surface area (Å²) in [6, 6.07) is 7.02. The maximum absolute atomic E-state index is 12.2. The van der Waals surface area contributed by atoms with E-state index in [1.165, 1.54) is 10.5 Å². The molecule has 1 unspecified atom stereocenters. The molecule has 0 aliphatic carbocycles. The lowest BCUT2D eigenvalue weighted by atomic mass is 10.1. The monoisotopic (exact) mass is 308 g/mol. The third kappa shape index (κ3) is 4.14. The Hall–Kier alpha value is -1.69. The Morgan fingerprint density at radius 3 is 2.62 bits per heavy atom. The molecule has 21 heavy (non-hydrogen) atoms. The first-order chi connectivity index (χ1) is 10.1. The minimum atomic E-state index is -0.940. The van der Waals surface area contributed by atoms with Gasteiger partial charge in [-0.25, -0.2) is 9.59 Å². The number of rotatable bonds is 4. The number of hydrogen-bond acceptors (Lipinski definition) is 3. The predicted molar refractivity (Wildman–Crippen MR) is 83.5 cm³/mol. The van der Waals surface area contributed by atoms with E-state index in [4.69, 9.17) is 5.11 Å². The van der Waals surface area contributed by atoms with E-state index in [0.717, 1.165) is 17.7 Å². The van der Waals surface area contributed by atoms with Crippen LogP contribution >= 0.6 is 11.8 Å². The van der Waals surface area contributed by atoms with Gasteiger partial charge < -0.3 is 15.3 Å². The number of thioether (sulfide) groups is 1.